The zero-order valence-corrected chi connectivity index (χ0v) is 14.5. The number of aromatic amines is 1. The summed E-state index contributed by atoms with van der Waals surface area (Å²) in [6.45, 7) is 4.59. The Morgan fingerprint density at radius 2 is 1.80 bits per heavy atom. The number of rotatable bonds is 2. The van der Waals surface area contributed by atoms with Gasteiger partial charge in [0.15, 0.2) is 0 Å². The second-order valence-electron chi connectivity index (χ2n) is 7.04. The van der Waals surface area contributed by atoms with Gasteiger partial charge in [0.05, 0.1) is 11.1 Å². The van der Waals surface area contributed by atoms with Crippen LogP contribution in [0.5, 0.6) is 0 Å². The van der Waals surface area contributed by atoms with E-state index in [2.05, 4.69) is 46.3 Å². The molecule has 1 aliphatic rings. The third-order valence-corrected chi connectivity index (χ3v) is 5.11. The molecule has 0 spiro atoms. The Balaban J connectivity index is 1.69. The molecule has 4 nitrogen and oxygen atoms in total. The molecule has 4 rings (SSSR count). The summed E-state index contributed by atoms with van der Waals surface area (Å²) in [6.07, 6.45) is 3.91. The van der Waals surface area contributed by atoms with Crippen molar-refractivity contribution in [2.45, 2.75) is 26.2 Å². The van der Waals surface area contributed by atoms with Gasteiger partial charge in [-0.2, -0.15) is 5.10 Å². The monoisotopic (exact) mass is 333 g/mol. The van der Waals surface area contributed by atoms with Crippen molar-refractivity contribution in [2.75, 3.05) is 18.0 Å². The molecule has 2 heterocycles. The standard InChI is InChI=1S/C21H23N3O/c1-15-6-4-5-13-24(14-15)17-11-9-16(10-12-17)20-18-7-2-3-8-19(18)21(25)23-22-20/h2-3,7-12,15H,4-6,13-14H2,1H3,(H,23,25). The average molecular weight is 333 g/mol. The first-order valence-corrected chi connectivity index (χ1v) is 9.05. The van der Waals surface area contributed by atoms with Gasteiger partial charge in [0.25, 0.3) is 5.56 Å². The van der Waals surface area contributed by atoms with Crippen molar-refractivity contribution < 1.29 is 0 Å². The largest absolute Gasteiger partial charge is 0.371 e. The maximum Gasteiger partial charge on any atom is 0.272 e. The van der Waals surface area contributed by atoms with Crippen LogP contribution in [0.3, 0.4) is 0 Å². The fraction of sp³-hybridized carbons (Fsp3) is 0.333. The molecular weight excluding hydrogens is 310 g/mol. The number of nitrogens with zero attached hydrogens (tertiary/aromatic N) is 2. The number of nitrogens with one attached hydrogen (secondary N) is 1. The van der Waals surface area contributed by atoms with Gasteiger partial charge in [-0.1, -0.05) is 43.7 Å². The number of hydrogen-bond donors (Lipinski definition) is 1. The van der Waals surface area contributed by atoms with Gasteiger partial charge < -0.3 is 4.90 Å². The van der Waals surface area contributed by atoms with Crippen LogP contribution in [0.15, 0.2) is 53.3 Å². The highest BCUT2D eigenvalue weighted by molar-refractivity contribution is 5.93. The number of H-pyrrole nitrogens is 1. The molecule has 0 amide bonds. The van der Waals surface area contributed by atoms with Crippen molar-refractivity contribution in [1.29, 1.82) is 0 Å². The molecule has 1 aliphatic heterocycles. The summed E-state index contributed by atoms with van der Waals surface area (Å²) in [5.74, 6) is 0.743. The molecule has 0 aliphatic carbocycles. The smallest absolute Gasteiger partial charge is 0.272 e. The van der Waals surface area contributed by atoms with Gasteiger partial charge in [-0.05, 0) is 37.0 Å². The molecule has 4 heteroatoms. The molecular formula is C21H23N3O. The topological polar surface area (TPSA) is 49.0 Å². The van der Waals surface area contributed by atoms with Crippen LogP contribution in [0.1, 0.15) is 26.2 Å². The van der Waals surface area contributed by atoms with Crippen LogP contribution in [-0.2, 0) is 0 Å². The van der Waals surface area contributed by atoms with Crippen LogP contribution in [0.25, 0.3) is 22.0 Å². The van der Waals surface area contributed by atoms with Crippen molar-refractivity contribution in [2.24, 2.45) is 5.92 Å². The lowest BCUT2D eigenvalue weighted by atomic mass is 10.0. The number of aromatic nitrogens is 2. The van der Waals surface area contributed by atoms with Crippen LogP contribution < -0.4 is 10.5 Å². The fourth-order valence-electron chi connectivity index (χ4n) is 3.75. The predicted molar refractivity (Wildman–Crippen MR) is 103 cm³/mol. The third-order valence-electron chi connectivity index (χ3n) is 5.11. The van der Waals surface area contributed by atoms with Gasteiger partial charge in [0.2, 0.25) is 0 Å². The second kappa shape index (κ2) is 6.71. The predicted octanol–water partition coefficient (Wildman–Crippen LogP) is 4.22. The molecule has 0 bridgehead atoms. The number of benzene rings is 2. The summed E-state index contributed by atoms with van der Waals surface area (Å²) in [7, 11) is 0. The quantitative estimate of drug-likeness (QED) is 0.764. The highest BCUT2D eigenvalue weighted by Crippen LogP contribution is 2.28. The molecule has 1 unspecified atom stereocenters. The van der Waals surface area contributed by atoms with Crippen LogP contribution in [-0.4, -0.2) is 23.3 Å². The van der Waals surface area contributed by atoms with E-state index in [9.17, 15) is 4.79 Å². The van der Waals surface area contributed by atoms with Crippen LogP contribution in [0, 0.1) is 5.92 Å². The van der Waals surface area contributed by atoms with Gasteiger partial charge in [0, 0.05) is 29.7 Å². The van der Waals surface area contributed by atoms with E-state index < -0.39 is 0 Å². The summed E-state index contributed by atoms with van der Waals surface area (Å²) < 4.78 is 0. The van der Waals surface area contributed by atoms with Crippen molar-refractivity contribution in [3.05, 3.63) is 58.9 Å². The lowest BCUT2D eigenvalue weighted by molar-refractivity contribution is 0.545. The number of anilines is 1. The Morgan fingerprint density at radius 3 is 2.60 bits per heavy atom. The molecule has 1 fully saturated rings. The van der Waals surface area contributed by atoms with Gasteiger partial charge in [-0.15, -0.1) is 0 Å². The van der Waals surface area contributed by atoms with E-state index in [0.29, 0.717) is 5.39 Å². The highest BCUT2D eigenvalue weighted by atomic mass is 16.1. The summed E-state index contributed by atoms with van der Waals surface area (Å²) in [4.78, 5) is 14.4. The highest BCUT2D eigenvalue weighted by Gasteiger charge is 2.15. The molecule has 1 atom stereocenters. The van der Waals surface area contributed by atoms with Gasteiger partial charge in [0.1, 0.15) is 0 Å². The van der Waals surface area contributed by atoms with Gasteiger partial charge >= 0.3 is 0 Å². The van der Waals surface area contributed by atoms with E-state index in [0.717, 1.165) is 35.7 Å². The summed E-state index contributed by atoms with van der Waals surface area (Å²) in [5.41, 5.74) is 2.98. The average Bonchev–Trinajstić information content (AvgIpc) is 2.87. The van der Waals surface area contributed by atoms with E-state index in [1.165, 1.54) is 24.9 Å². The molecule has 3 aromatic rings. The number of hydrogen-bond acceptors (Lipinski definition) is 3. The Hall–Kier alpha value is -2.62. The van der Waals surface area contributed by atoms with E-state index in [1.807, 2.05) is 24.3 Å². The first-order valence-electron chi connectivity index (χ1n) is 9.05. The SMILES string of the molecule is CC1CCCCN(c2ccc(-c3n[nH]c(=O)c4ccccc34)cc2)C1. The summed E-state index contributed by atoms with van der Waals surface area (Å²) in [5, 5.41) is 8.48. The molecule has 0 radical (unpaired) electrons. The minimum absolute atomic E-state index is 0.144. The fourth-order valence-corrected chi connectivity index (χ4v) is 3.75. The molecule has 0 saturated carbocycles. The van der Waals surface area contributed by atoms with Crippen LogP contribution in [0.4, 0.5) is 5.69 Å². The summed E-state index contributed by atoms with van der Waals surface area (Å²) in [6, 6.07) is 16.2. The Kier molecular flexibility index (Phi) is 4.26. The molecule has 1 saturated heterocycles. The minimum Gasteiger partial charge on any atom is -0.371 e. The Morgan fingerprint density at radius 1 is 1.04 bits per heavy atom. The lowest BCUT2D eigenvalue weighted by Gasteiger charge is -2.25. The van der Waals surface area contributed by atoms with Crippen LogP contribution in [0.2, 0.25) is 0 Å². The maximum absolute atomic E-state index is 12.0. The van der Waals surface area contributed by atoms with E-state index in [-0.39, 0.29) is 5.56 Å². The minimum atomic E-state index is -0.144. The first kappa shape index (κ1) is 15.9. The maximum atomic E-state index is 12.0. The zero-order valence-electron chi connectivity index (χ0n) is 14.5. The van der Waals surface area contributed by atoms with Crippen LogP contribution >= 0.6 is 0 Å². The normalized spacial score (nSPS) is 18.3. The van der Waals surface area contributed by atoms with Gasteiger partial charge in [-0.3, -0.25) is 4.79 Å². The third kappa shape index (κ3) is 3.16. The van der Waals surface area contributed by atoms with Crippen molar-refractivity contribution >= 4 is 16.5 Å². The molecule has 25 heavy (non-hydrogen) atoms. The first-order chi connectivity index (χ1) is 12.2. The lowest BCUT2D eigenvalue weighted by Crippen LogP contribution is -2.27. The van der Waals surface area contributed by atoms with Crippen molar-refractivity contribution in [3.8, 4) is 11.3 Å². The molecule has 128 valence electrons. The van der Waals surface area contributed by atoms with Gasteiger partial charge in [-0.25, -0.2) is 5.10 Å². The van der Waals surface area contributed by atoms with E-state index in [4.69, 9.17) is 0 Å². The van der Waals surface area contributed by atoms with E-state index >= 15 is 0 Å². The Labute approximate surface area is 147 Å². The molecule has 2 aromatic carbocycles. The van der Waals surface area contributed by atoms with Crippen molar-refractivity contribution in [1.82, 2.24) is 10.2 Å². The van der Waals surface area contributed by atoms with E-state index in [1.54, 1.807) is 0 Å². The Bertz CT molecular complexity index is 930. The second-order valence-corrected chi connectivity index (χ2v) is 7.04. The molecule has 1 N–H and O–H groups in total. The number of fused-ring (bicyclic) bond motifs is 1. The van der Waals surface area contributed by atoms with Crippen molar-refractivity contribution in [3.63, 3.8) is 0 Å². The summed E-state index contributed by atoms with van der Waals surface area (Å²) >= 11 is 0. The molecule has 1 aromatic heterocycles. The zero-order chi connectivity index (χ0) is 17.2.